The summed E-state index contributed by atoms with van der Waals surface area (Å²) in [5, 5.41) is 11.4. The molecule has 2 aromatic rings. The SMILES string of the molecule is C=CCOC=O.C=O.CNCCC[C@H]1C(=O)N(Cc2ccccc2Cl)CC2N1C(=O)CN(C)N2CNCc1ccccc1. The summed E-state index contributed by atoms with van der Waals surface area (Å²) in [5.41, 5.74) is 2.11. The molecule has 2 N–H and O–H groups in total. The Morgan fingerprint density at radius 2 is 1.79 bits per heavy atom. The summed E-state index contributed by atoms with van der Waals surface area (Å²) in [7, 11) is 3.83. The molecule has 0 spiro atoms. The first-order valence-electron chi connectivity index (χ1n) is 14.1. The summed E-state index contributed by atoms with van der Waals surface area (Å²) in [6.07, 6.45) is 2.69. The zero-order chi connectivity index (χ0) is 31.6. The highest BCUT2D eigenvalue weighted by atomic mass is 35.5. The van der Waals surface area contributed by atoms with Gasteiger partial charge in [-0.3, -0.25) is 19.7 Å². The van der Waals surface area contributed by atoms with Crippen molar-refractivity contribution in [2.24, 2.45) is 0 Å². The lowest BCUT2D eigenvalue weighted by molar-refractivity contribution is -0.201. The molecule has 0 saturated carbocycles. The van der Waals surface area contributed by atoms with Crippen LogP contribution in [0, 0.1) is 0 Å². The van der Waals surface area contributed by atoms with Crippen molar-refractivity contribution in [2.75, 3.05) is 47.0 Å². The standard InChI is InChI=1S/C26H35ClN6O2.C4H6O2.CH2O/c1-28-14-8-13-23-26(35)31(16-21-11-6-7-12-22(21)27)17-24-32(30(2)18-25(34)33(23)24)19-29-15-20-9-4-3-5-10-20;1-2-3-6-4-5;1-2/h3-7,9-12,23-24,28-29H,8,13-19H2,1-2H3;2,4H,1,3H2;1H2/t23-,24?;;/m0../s1. The molecule has 2 fully saturated rings. The van der Waals surface area contributed by atoms with Gasteiger partial charge in [0.15, 0.2) is 0 Å². The largest absolute Gasteiger partial charge is 0.464 e. The molecule has 2 aliphatic rings. The first-order valence-corrected chi connectivity index (χ1v) is 14.4. The fourth-order valence-electron chi connectivity index (χ4n) is 5.04. The molecule has 11 nitrogen and oxygen atoms in total. The fourth-order valence-corrected chi connectivity index (χ4v) is 5.24. The van der Waals surface area contributed by atoms with Gasteiger partial charge in [-0.2, -0.15) is 0 Å². The van der Waals surface area contributed by atoms with Gasteiger partial charge < -0.3 is 24.6 Å². The highest BCUT2D eigenvalue weighted by Crippen LogP contribution is 2.29. The van der Waals surface area contributed by atoms with Gasteiger partial charge in [-0.25, -0.2) is 10.0 Å². The number of carbonyl (C=O) groups is 4. The van der Waals surface area contributed by atoms with Gasteiger partial charge in [0, 0.05) is 25.2 Å². The van der Waals surface area contributed by atoms with E-state index in [9.17, 15) is 14.4 Å². The lowest BCUT2D eigenvalue weighted by Gasteiger charge is -2.55. The molecule has 12 heteroatoms. The van der Waals surface area contributed by atoms with Crippen LogP contribution in [0.1, 0.15) is 24.0 Å². The molecular formula is C31H43ClN6O5. The second-order valence-electron chi connectivity index (χ2n) is 9.90. The van der Waals surface area contributed by atoms with Crippen molar-refractivity contribution in [2.45, 2.75) is 38.1 Å². The first-order chi connectivity index (χ1) is 20.9. The number of hydrogen-bond acceptors (Lipinski definition) is 9. The second-order valence-corrected chi connectivity index (χ2v) is 10.3. The molecule has 1 unspecified atom stereocenters. The molecule has 0 radical (unpaired) electrons. The third-order valence-electron chi connectivity index (χ3n) is 7.02. The van der Waals surface area contributed by atoms with Crippen molar-refractivity contribution in [1.29, 1.82) is 0 Å². The Hall–Kier alpha value is -3.61. The number of piperazine rings is 1. The third kappa shape index (κ3) is 10.6. The Balaban J connectivity index is 0.000000720. The van der Waals surface area contributed by atoms with Crippen LogP contribution in [0.3, 0.4) is 0 Å². The lowest BCUT2D eigenvalue weighted by atomic mass is 10.0. The predicted molar refractivity (Wildman–Crippen MR) is 166 cm³/mol. The summed E-state index contributed by atoms with van der Waals surface area (Å²) in [5.74, 6) is -0.00983. The zero-order valence-corrected chi connectivity index (χ0v) is 25.7. The van der Waals surface area contributed by atoms with Crippen molar-refractivity contribution in [3.05, 3.63) is 83.4 Å². The summed E-state index contributed by atoms with van der Waals surface area (Å²) in [6, 6.07) is 17.4. The topological polar surface area (TPSA) is 115 Å². The molecule has 4 rings (SSSR count). The summed E-state index contributed by atoms with van der Waals surface area (Å²) in [4.78, 5) is 47.8. The number of hydrazine groups is 1. The average molecular weight is 615 g/mol. The minimum absolute atomic E-state index is 0.00277. The Labute approximate surface area is 259 Å². The number of ether oxygens (including phenoxy) is 1. The van der Waals surface area contributed by atoms with Gasteiger partial charge in [0.2, 0.25) is 11.8 Å². The molecule has 43 heavy (non-hydrogen) atoms. The number of fused-ring (bicyclic) bond motifs is 1. The molecule has 234 valence electrons. The smallest absolute Gasteiger partial charge is 0.293 e. The van der Waals surface area contributed by atoms with Crippen molar-refractivity contribution in [1.82, 2.24) is 30.5 Å². The molecule has 2 saturated heterocycles. The molecule has 2 aromatic carbocycles. The van der Waals surface area contributed by atoms with Gasteiger partial charge in [0.05, 0.1) is 19.8 Å². The average Bonchev–Trinajstić information content (AvgIpc) is 3.02. The molecule has 2 atom stereocenters. The van der Waals surface area contributed by atoms with Crippen LogP contribution in [0.2, 0.25) is 5.02 Å². The van der Waals surface area contributed by atoms with Crippen LogP contribution in [0.4, 0.5) is 0 Å². The quantitative estimate of drug-likeness (QED) is 0.199. The molecule has 0 bridgehead atoms. The Kier molecular flexibility index (Phi) is 16.2. The molecule has 2 aliphatic heterocycles. The minimum Gasteiger partial charge on any atom is -0.464 e. The van der Waals surface area contributed by atoms with Gasteiger partial charge in [-0.05, 0) is 43.6 Å². The van der Waals surface area contributed by atoms with Gasteiger partial charge in [-0.1, -0.05) is 72.8 Å². The molecule has 0 aliphatic carbocycles. The fraction of sp³-hybridized carbons (Fsp3) is 0.419. The molecule has 2 amide bonds. The van der Waals surface area contributed by atoms with Crippen LogP contribution in [-0.2, 0) is 37.0 Å². The van der Waals surface area contributed by atoms with Crippen LogP contribution in [0.15, 0.2) is 67.3 Å². The van der Waals surface area contributed by atoms with E-state index in [4.69, 9.17) is 16.4 Å². The lowest BCUT2D eigenvalue weighted by Crippen LogP contribution is -2.74. The first kappa shape index (κ1) is 35.6. The van der Waals surface area contributed by atoms with Gasteiger partial charge in [0.1, 0.15) is 25.6 Å². The van der Waals surface area contributed by atoms with E-state index in [1.165, 1.54) is 11.6 Å². The van der Waals surface area contributed by atoms with Gasteiger partial charge in [0.25, 0.3) is 6.47 Å². The molecular weight excluding hydrogens is 572 g/mol. The Bertz CT molecular complexity index is 1150. The van der Waals surface area contributed by atoms with E-state index in [1.807, 2.05) is 78.2 Å². The van der Waals surface area contributed by atoms with E-state index in [-0.39, 0.29) is 24.5 Å². The number of amides is 2. The minimum atomic E-state index is -0.484. The number of nitrogens with zero attached hydrogens (tertiary/aromatic N) is 4. The number of halogens is 1. The van der Waals surface area contributed by atoms with Crippen molar-refractivity contribution in [3.8, 4) is 0 Å². The third-order valence-corrected chi connectivity index (χ3v) is 7.39. The summed E-state index contributed by atoms with van der Waals surface area (Å²) < 4.78 is 4.18. The maximum atomic E-state index is 13.6. The van der Waals surface area contributed by atoms with Crippen molar-refractivity contribution in [3.63, 3.8) is 0 Å². The number of nitrogens with one attached hydrogen (secondary N) is 2. The van der Waals surface area contributed by atoms with Crippen LogP contribution in [0.25, 0.3) is 0 Å². The molecule has 0 aromatic heterocycles. The maximum Gasteiger partial charge on any atom is 0.293 e. The van der Waals surface area contributed by atoms with Crippen LogP contribution >= 0.6 is 11.6 Å². The van der Waals surface area contributed by atoms with E-state index < -0.39 is 6.04 Å². The number of likely N-dealkylation sites (N-methyl/N-ethyl adjacent to an activating group) is 1. The van der Waals surface area contributed by atoms with E-state index in [2.05, 4.69) is 39.1 Å². The van der Waals surface area contributed by atoms with E-state index in [0.717, 1.165) is 25.1 Å². The normalized spacial score (nSPS) is 18.5. The summed E-state index contributed by atoms with van der Waals surface area (Å²) >= 11 is 6.43. The van der Waals surface area contributed by atoms with E-state index in [0.29, 0.717) is 44.3 Å². The number of benzene rings is 2. The van der Waals surface area contributed by atoms with E-state index in [1.54, 1.807) is 0 Å². The van der Waals surface area contributed by atoms with E-state index >= 15 is 0 Å². The number of carbonyl (C=O) groups excluding carboxylic acids is 4. The summed E-state index contributed by atoms with van der Waals surface area (Å²) in [6.45, 7) is 9.20. The Morgan fingerprint density at radius 3 is 2.42 bits per heavy atom. The number of hydrogen-bond donors (Lipinski definition) is 2. The number of rotatable bonds is 13. The van der Waals surface area contributed by atoms with Gasteiger partial charge >= 0.3 is 0 Å². The highest BCUT2D eigenvalue weighted by Gasteiger charge is 2.48. The van der Waals surface area contributed by atoms with Crippen molar-refractivity contribution < 1.29 is 23.9 Å². The van der Waals surface area contributed by atoms with Crippen molar-refractivity contribution >= 4 is 36.7 Å². The monoisotopic (exact) mass is 614 g/mol. The predicted octanol–water partition coefficient (Wildman–Crippen LogP) is 2.28. The van der Waals surface area contributed by atoms with Crippen LogP contribution in [-0.4, -0.2) is 104 Å². The Morgan fingerprint density at radius 1 is 1.09 bits per heavy atom. The van der Waals surface area contributed by atoms with Crippen LogP contribution < -0.4 is 10.6 Å². The zero-order valence-electron chi connectivity index (χ0n) is 25.0. The highest BCUT2D eigenvalue weighted by molar-refractivity contribution is 6.31. The second kappa shape index (κ2) is 19.6. The van der Waals surface area contributed by atoms with Crippen LogP contribution in [0.5, 0.6) is 0 Å². The maximum absolute atomic E-state index is 13.6. The molecule has 2 heterocycles. The van der Waals surface area contributed by atoms with Gasteiger partial charge in [-0.15, -0.1) is 0 Å².